The molecule has 2 aromatic rings. The summed E-state index contributed by atoms with van der Waals surface area (Å²) in [6.07, 6.45) is -0.870. The molecule has 0 amide bonds. The first kappa shape index (κ1) is 20.4. The minimum Gasteiger partial charge on any atom is -0.478 e. The lowest BCUT2D eigenvalue weighted by molar-refractivity contribution is -0.147. The van der Waals surface area contributed by atoms with E-state index in [0.717, 1.165) is 11.8 Å². The highest BCUT2D eigenvalue weighted by molar-refractivity contribution is 7.99. The molecule has 0 aliphatic rings. The van der Waals surface area contributed by atoms with Crippen molar-refractivity contribution < 1.29 is 24.2 Å². The average Bonchev–Trinajstić information content (AvgIpc) is 2.84. The van der Waals surface area contributed by atoms with Gasteiger partial charge in [0, 0.05) is 11.9 Å². The molecule has 0 aliphatic heterocycles. The van der Waals surface area contributed by atoms with Crippen molar-refractivity contribution in [2.75, 3.05) is 7.11 Å². The summed E-state index contributed by atoms with van der Waals surface area (Å²) in [4.78, 5) is 23.6. The maximum atomic E-state index is 11.5. The second kappa shape index (κ2) is 8.20. The number of aromatic carboxylic acids is 1. The van der Waals surface area contributed by atoms with Crippen LogP contribution >= 0.6 is 35.0 Å². The van der Waals surface area contributed by atoms with Gasteiger partial charge >= 0.3 is 11.9 Å². The SMILES string of the molecule is COC(=O)[C@H](C)Oc1cc(Sc2c(C(=O)O)c(C)nn2C)c(Cl)cc1Cl. The van der Waals surface area contributed by atoms with Gasteiger partial charge in [0.25, 0.3) is 0 Å². The van der Waals surface area contributed by atoms with Crippen molar-refractivity contribution in [3.63, 3.8) is 0 Å². The molecule has 0 aliphatic carbocycles. The molecule has 0 spiro atoms. The molecule has 1 aromatic heterocycles. The molecule has 140 valence electrons. The van der Waals surface area contributed by atoms with Crippen LogP contribution in [0.25, 0.3) is 0 Å². The smallest absolute Gasteiger partial charge is 0.346 e. The Labute approximate surface area is 164 Å². The Kier molecular flexibility index (Phi) is 6.44. The number of ether oxygens (including phenoxy) is 2. The summed E-state index contributed by atoms with van der Waals surface area (Å²) in [6.45, 7) is 3.14. The zero-order chi connectivity index (χ0) is 19.6. The van der Waals surface area contributed by atoms with Crippen LogP contribution < -0.4 is 4.74 Å². The van der Waals surface area contributed by atoms with Crippen LogP contribution in [-0.2, 0) is 16.6 Å². The molecule has 2 rings (SSSR count). The van der Waals surface area contributed by atoms with Gasteiger partial charge in [0.2, 0.25) is 0 Å². The Morgan fingerprint density at radius 1 is 1.31 bits per heavy atom. The monoisotopic (exact) mass is 418 g/mol. The van der Waals surface area contributed by atoms with Crippen molar-refractivity contribution in [1.29, 1.82) is 0 Å². The number of hydrogen-bond acceptors (Lipinski definition) is 6. The second-order valence-corrected chi connectivity index (χ2v) is 7.14. The van der Waals surface area contributed by atoms with Gasteiger partial charge in [-0.2, -0.15) is 5.10 Å². The summed E-state index contributed by atoms with van der Waals surface area (Å²) in [6, 6.07) is 3.01. The molecule has 7 nitrogen and oxygen atoms in total. The van der Waals surface area contributed by atoms with Gasteiger partial charge in [-0.15, -0.1) is 0 Å². The van der Waals surface area contributed by atoms with Crippen LogP contribution in [0.15, 0.2) is 22.1 Å². The molecule has 26 heavy (non-hydrogen) atoms. The van der Waals surface area contributed by atoms with Crippen LogP contribution in [-0.4, -0.2) is 40.0 Å². The molecule has 0 fully saturated rings. The Balaban J connectivity index is 2.41. The van der Waals surface area contributed by atoms with Crippen molar-refractivity contribution in [2.45, 2.75) is 29.9 Å². The van der Waals surface area contributed by atoms with Crippen molar-refractivity contribution in [2.24, 2.45) is 7.05 Å². The maximum absolute atomic E-state index is 11.5. The van der Waals surface area contributed by atoms with Crippen LogP contribution in [0.4, 0.5) is 0 Å². The van der Waals surface area contributed by atoms with E-state index >= 15 is 0 Å². The number of aromatic nitrogens is 2. The predicted octanol–water partition coefficient (Wildman–Crippen LogP) is 3.83. The summed E-state index contributed by atoms with van der Waals surface area (Å²) in [5, 5.41) is 14.5. The van der Waals surface area contributed by atoms with Crippen LogP contribution in [0.3, 0.4) is 0 Å². The molecule has 0 radical (unpaired) electrons. The van der Waals surface area contributed by atoms with Crippen LogP contribution in [0.5, 0.6) is 5.75 Å². The minimum absolute atomic E-state index is 0.0916. The standard InChI is InChI=1S/C16H16Cl2N2O5S/c1-7-13(15(21)22)14(20(3)19-7)26-12-6-11(9(17)5-10(12)18)25-8(2)16(23)24-4/h5-6,8H,1-4H3,(H,21,22)/t8-/m0/s1. The lowest BCUT2D eigenvalue weighted by Crippen LogP contribution is -2.25. The third-order valence-electron chi connectivity index (χ3n) is 3.41. The average molecular weight is 419 g/mol. The fraction of sp³-hybridized carbons (Fsp3) is 0.312. The van der Waals surface area contributed by atoms with E-state index in [-0.39, 0.29) is 16.3 Å². The van der Waals surface area contributed by atoms with E-state index in [2.05, 4.69) is 9.84 Å². The maximum Gasteiger partial charge on any atom is 0.346 e. The second-order valence-electron chi connectivity index (χ2n) is 5.29. The molecule has 1 atom stereocenters. The quantitative estimate of drug-likeness (QED) is 0.712. The van der Waals surface area contributed by atoms with E-state index in [1.54, 1.807) is 20.0 Å². The zero-order valence-corrected chi connectivity index (χ0v) is 16.7. The number of halogens is 2. The summed E-state index contributed by atoms with van der Waals surface area (Å²) in [7, 11) is 2.90. The largest absolute Gasteiger partial charge is 0.478 e. The van der Waals surface area contributed by atoms with Gasteiger partial charge in [-0.1, -0.05) is 35.0 Å². The van der Waals surface area contributed by atoms with Crippen molar-refractivity contribution in [1.82, 2.24) is 9.78 Å². The van der Waals surface area contributed by atoms with Gasteiger partial charge in [0.1, 0.15) is 16.3 Å². The lowest BCUT2D eigenvalue weighted by atomic mass is 10.3. The Bertz CT molecular complexity index is 869. The number of esters is 1. The highest BCUT2D eigenvalue weighted by Crippen LogP contribution is 2.41. The van der Waals surface area contributed by atoms with Crippen LogP contribution in [0.2, 0.25) is 10.0 Å². The van der Waals surface area contributed by atoms with E-state index < -0.39 is 18.0 Å². The fourth-order valence-corrected chi connectivity index (χ4v) is 3.77. The van der Waals surface area contributed by atoms with E-state index in [0.29, 0.717) is 20.6 Å². The molecule has 0 bridgehead atoms. The van der Waals surface area contributed by atoms with Gasteiger partial charge in [-0.25, -0.2) is 9.59 Å². The van der Waals surface area contributed by atoms with E-state index in [9.17, 15) is 14.7 Å². The Morgan fingerprint density at radius 2 is 1.96 bits per heavy atom. The number of hydrogen-bond donors (Lipinski definition) is 1. The highest BCUT2D eigenvalue weighted by atomic mass is 35.5. The molecule has 0 unspecified atom stereocenters. The number of methoxy groups -OCH3 is 1. The van der Waals surface area contributed by atoms with Crippen molar-refractivity contribution >= 4 is 46.9 Å². The summed E-state index contributed by atoms with van der Waals surface area (Å²) in [5.41, 5.74) is 0.484. The summed E-state index contributed by atoms with van der Waals surface area (Å²) in [5.74, 6) is -1.41. The molecule has 0 saturated heterocycles. The number of nitrogens with zero attached hydrogens (tertiary/aromatic N) is 2. The summed E-state index contributed by atoms with van der Waals surface area (Å²) >= 11 is 13.5. The Morgan fingerprint density at radius 3 is 2.54 bits per heavy atom. The van der Waals surface area contributed by atoms with Gasteiger partial charge < -0.3 is 14.6 Å². The van der Waals surface area contributed by atoms with E-state index in [4.69, 9.17) is 27.9 Å². The zero-order valence-electron chi connectivity index (χ0n) is 14.4. The topological polar surface area (TPSA) is 90.7 Å². The third kappa shape index (κ3) is 4.25. The number of benzene rings is 1. The number of carbonyl (C=O) groups excluding carboxylic acids is 1. The van der Waals surface area contributed by atoms with Crippen molar-refractivity contribution in [3.8, 4) is 5.75 Å². The minimum atomic E-state index is -1.08. The lowest BCUT2D eigenvalue weighted by Gasteiger charge is -2.15. The molecule has 0 saturated carbocycles. The molecule has 1 aromatic carbocycles. The Hall–Kier alpha value is -1.90. The summed E-state index contributed by atoms with van der Waals surface area (Å²) < 4.78 is 11.6. The predicted molar refractivity (Wildman–Crippen MR) is 97.6 cm³/mol. The van der Waals surface area contributed by atoms with Gasteiger partial charge in [-0.3, -0.25) is 4.68 Å². The van der Waals surface area contributed by atoms with E-state index in [1.165, 1.54) is 24.8 Å². The number of rotatable bonds is 6. The first-order valence-electron chi connectivity index (χ1n) is 7.34. The van der Waals surface area contributed by atoms with Crippen molar-refractivity contribution in [3.05, 3.63) is 33.4 Å². The van der Waals surface area contributed by atoms with Crippen LogP contribution in [0.1, 0.15) is 23.0 Å². The number of carboxylic acids is 1. The number of carbonyl (C=O) groups is 2. The molecular formula is C16H16Cl2N2O5S. The number of aryl methyl sites for hydroxylation is 2. The molecular weight excluding hydrogens is 403 g/mol. The molecule has 1 N–H and O–H groups in total. The fourth-order valence-electron chi connectivity index (χ4n) is 2.19. The number of carboxylic acid groups (broad SMARTS) is 1. The third-order valence-corrected chi connectivity index (χ3v) is 5.35. The van der Waals surface area contributed by atoms with Crippen LogP contribution in [0, 0.1) is 6.92 Å². The highest BCUT2D eigenvalue weighted by Gasteiger charge is 2.23. The molecule has 10 heteroatoms. The van der Waals surface area contributed by atoms with Gasteiger partial charge in [-0.05, 0) is 26.0 Å². The van der Waals surface area contributed by atoms with Gasteiger partial charge in [0.15, 0.2) is 6.10 Å². The molecule has 1 heterocycles. The normalized spacial score (nSPS) is 11.9. The first-order valence-corrected chi connectivity index (χ1v) is 8.91. The van der Waals surface area contributed by atoms with Gasteiger partial charge in [0.05, 0.1) is 22.8 Å². The first-order chi connectivity index (χ1) is 12.1. The van der Waals surface area contributed by atoms with E-state index in [1.807, 2.05) is 0 Å².